The van der Waals surface area contributed by atoms with Crippen molar-refractivity contribution >= 4 is 44.9 Å². The van der Waals surface area contributed by atoms with Crippen molar-refractivity contribution in [1.29, 1.82) is 0 Å². The van der Waals surface area contributed by atoms with Crippen molar-refractivity contribution in [3.05, 3.63) is 62.3 Å². The van der Waals surface area contributed by atoms with Gasteiger partial charge < -0.3 is 5.32 Å². The molecule has 0 unspecified atom stereocenters. The molecule has 0 spiro atoms. The summed E-state index contributed by atoms with van der Waals surface area (Å²) in [5.41, 5.74) is 5.30. The summed E-state index contributed by atoms with van der Waals surface area (Å²) in [5, 5.41) is 4.38. The molecular weight excluding hydrogens is 438 g/mol. The van der Waals surface area contributed by atoms with Crippen molar-refractivity contribution in [2.24, 2.45) is 0 Å². The van der Waals surface area contributed by atoms with E-state index < -0.39 is 0 Å². The summed E-state index contributed by atoms with van der Waals surface area (Å²) in [6.45, 7) is 10.2. The number of rotatable bonds is 6. The van der Waals surface area contributed by atoms with E-state index in [1.807, 2.05) is 20.8 Å². The summed E-state index contributed by atoms with van der Waals surface area (Å²) in [6.07, 6.45) is 7.18. The predicted octanol–water partition coefficient (Wildman–Crippen LogP) is 5.57. The number of benzene rings is 1. The van der Waals surface area contributed by atoms with Gasteiger partial charge in [-0.1, -0.05) is 42.0 Å². The van der Waals surface area contributed by atoms with Crippen LogP contribution in [-0.2, 0) is 24.2 Å². The van der Waals surface area contributed by atoms with Gasteiger partial charge in [-0.05, 0) is 63.1 Å². The average Bonchev–Trinajstić information content (AvgIpc) is 2.92. The Morgan fingerprint density at radius 3 is 2.66 bits per heavy atom. The highest BCUT2D eigenvalue weighted by Crippen LogP contribution is 2.34. The van der Waals surface area contributed by atoms with Crippen LogP contribution in [0.5, 0.6) is 0 Å². The predicted molar refractivity (Wildman–Crippen MR) is 135 cm³/mol. The zero-order chi connectivity index (χ0) is 22.8. The van der Waals surface area contributed by atoms with Crippen LogP contribution in [0.4, 0.5) is 5.69 Å². The fraction of sp³-hybridized carbons (Fsp3) is 0.400. The molecule has 7 heteroatoms. The largest absolute Gasteiger partial charge is 0.325 e. The Morgan fingerprint density at radius 1 is 1.22 bits per heavy atom. The third-order valence-corrected chi connectivity index (χ3v) is 8.04. The van der Waals surface area contributed by atoms with Gasteiger partial charge in [0.15, 0.2) is 5.16 Å². The van der Waals surface area contributed by atoms with E-state index in [1.165, 1.54) is 40.6 Å². The van der Waals surface area contributed by atoms with E-state index >= 15 is 0 Å². The van der Waals surface area contributed by atoms with Crippen LogP contribution in [0.15, 0.2) is 34.7 Å². The minimum Gasteiger partial charge on any atom is -0.325 e. The number of thioether (sulfide) groups is 1. The molecule has 0 radical (unpaired) electrons. The Bertz CT molecular complexity index is 1230. The zero-order valence-electron chi connectivity index (χ0n) is 18.9. The van der Waals surface area contributed by atoms with Gasteiger partial charge in [0.25, 0.3) is 5.56 Å². The van der Waals surface area contributed by atoms with Crippen LogP contribution >= 0.6 is 23.1 Å². The molecule has 0 atom stereocenters. The standard InChI is InChI=1S/C25H29N3O2S2/c1-5-11-28-24(30)21-18-9-7-6-8-10-19(18)32-23(21)27-25(28)31-14-20(29)26-22-16(3)12-15(2)13-17(22)4/h5,12-13H,1,6-11,14H2,2-4H3,(H,26,29). The molecular formula is C25H29N3O2S2. The molecule has 5 nitrogen and oxygen atoms in total. The summed E-state index contributed by atoms with van der Waals surface area (Å²) in [6, 6.07) is 4.13. The van der Waals surface area contributed by atoms with Gasteiger partial charge in [-0.3, -0.25) is 14.2 Å². The Kier molecular flexibility index (Phi) is 6.86. The lowest BCUT2D eigenvalue weighted by Gasteiger charge is -2.14. The summed E-state index contributed by atoms with van der Waals surface area (Å²) < 4.78 is 1.66. The van der Waals surface area contributed by atoms with Crippen molar-refractivity contribution in [3.8, 4) is 0 Å². The number of thiophene rings is 1. The molecule has 0 bridgehead atoms. The minimum absolute atomic E-state index is 0.0116. The average molecular weight is 468 g/mol. The second kappa shape index (κ2) is 9.63. The number of hydrogen-bond acceptors (Lipinski definition) is 5. The molecule has 1 N–H and O–H groups in total. The number of allylic oxidation sites excluding steroid dienone is 1. The van der Waals surface area contributed by atoms with E-state index in [0.29, 0.717) is 11.7 Å². The third-order valence-electron chi connectivity index (χ3n) is 5.88. The first-order valence-electron chi connectivity index (χ1n) is 11.1. The molecule has 0 fully saturated rings. The van der Waals surface area contributed by atoms with Crippen molar-refractivity contribution in [3.63, 3.8) is 0 Å². The Hall–Kier alpha value is -2.38. The highest BCUT2D eigenvalue weighted by Gasteiger charge is 2.21. The van der Waals surface area contributed by atoms with Gasteiger partial charge in [-0.15, -0.1) is 17.9 Å². The highest BCUT2D eigenvalue weighted by atomic mass is 32.2. The van der Waals surface area contributed by atoms with Crippen LogP contribution in [0.1, 0.15) is 46.4 Å². The first-order valence-corrected chi connectivity index (χ1v) is 12.9. The molecule has 0 saturated heterocycles. The van der Waals surface area contributed by atoms with Crippen molar-refractivity contribution in [2.45, 2.75) is 64.6 Å². The molecule has 1 aliphatic rings. The van der Waals surface area contributed by atoms with Crippen LogP contribution in [0.2, 0.25) is 0 Å². The summed E-state index contributed by atoms with van der Waals surface area (Å²) in [4.78, 5) is 33.1. The maximum absolute atomic E-state index is 13.4. The molecule has 4 rings (SSSR count). The number of fused-ring (bicyclic) bond motifs is 3. The molecule has 2 heterocycles. The van der Waals surface area contributed by atoms with Crippen LogP contribution in [0.25, 0.3) is 10.2 Å². The maximum Gasteiger partial charge on any atom is 0.263 e. The molecule has 32 heavy (non-hydrogen) atoms. The zero-order valence-corrected chi connectivity index (χ0v) is 20.5. The molecule has 0 aliphatic heterocycles. The lowest BCUT2D eigenvalue weighted by molar-refractivity contribution is -0.113. The fourth-order valence-electron chi connectivity index (χ4n) is 4.48. The van der Waals surface area contributed by atoms with E-state index in [9.17, 15) is 9.59 Å². The van der Waals surface area contributed by atoms with Gasteiger partial charge in [0.05, 0.1) is 11.1 Å². The van der Waals surface area contributed by atoms with Crippen molar-refractivity contribution in [2.75, 3.05) is 11.1 Å². The number of amides is 1. The van der Waals surface area contributed by atoms with Gasteiger partial charge in [0, 0.05) is 17.1 Å². The van der Waals surface area contributed by atoms with E-state index in [4.69, 9.17) is 4.98 Å². The number of carbonyl (C=O) groups excluding carboxylic acids is 1. The third kappa shape index (κ3) is 4.55. The van der Waals surface area contributed by atoms with E-state index in [-0.39, 0.29) is 17.2 Å². The summed E-state index contributed by atoms with van der Waals surface area (Å²) in [7, 11) is 0. The number of nitrogens with zero attached hydrogens (tertiary/aromatic N) is 2. The maximum atomic E-state index is 13.4. The molecule has 168 valence electrons. The SMILES string of the molecule is C=CCn1c(SCC(=O)Nc2c(C)cc(C)cc2C)nc2sc3c(c2c1=O)CCCCC3. The fourth-order valence-corrected chi connectivity index (χ4v) is 6.59. The van der Waals surface area contributed by atoms with E-state index in [1.54, 1.807) is 22.0 Å². The molecule has 1 amide bonds. The van der Waals surface area contributed by atoms with E-state index in [2.05, 4.69) is 24.0 Å². The Morgan fingerprint density at radius 2 is 1.94 bits per heavy atom. The molecule has 3 aromatic rings. The Balaban J connectivity index is 1.61. The van der Waals surface area contributed by atoms with Crippen LogP contribution in [0.3, 0.4) is 0 Å². The number of nitrogens with one attached hydrogen (secondary N) is 1. The second-order valence-electron chi connectivity index (χ2n) is 8.45. The lowest BCUT2D eigenvalue weighted by Crippen LogP contribution is -2.24. The summed E-state index contributed by atoms with van der Waals surface area (Å²) >= 11 is 2.95. The van der Waals surface area contributed by atoms with Crippen molar-refractivity contribution in [1.82, 2.24) is 9.55 Å². The smallest absolute Gasteiger partial charge is 0.263 e. The van der Waals surface area contributed by atoms with Gasteiger partial charge in [-0.25, -0.2) is 4.98 Å². The van der Waals surface area contributed by atoms with Crippen molar-refractivity contribution < 1.29 is 4.79 Å². The number of aromatic nitrogens is 2. The number of carbonyl (C=O) groups is 1. The monoisotopic (exact) mass is 467 g/mol. The van der Waals surface area contributed by atoms with Crippen LogP contribution < -0.4 is 10.9 Å². The highest BCUT2D eigenvalue weighted by molar-refractivity contribution is 7.99. The van der Waals surface area contributed by atoms with Crippen LogP contribution in [-0.4, -0.2) is 21.2 Å². The minimum atomic E-state index is -0.105. The van der Waals surface area contributed by atoms with Gasteiger partial charge >= 0.3 is 0 Å². The number of anilines is 1. The second-order valence-corrected chi connectivity index (χ2v) is 10.5. The number of hydrogen-bond donors (Lipinski definition) is 1. The molecule has 1 aromatic carbocycles. The van der Waals surface area contributed by atoms with Crippen LogP contribution in [0, 0.1) is 20.8 Å². The van der Waals surface area contributed by atoms with E-state index in [0.717, 1.165) is 46.3 Å². The molecule has 2 aromatic heterocycles. The molecule has 1 aliphatic carbocycles. The topological polar surface area (TPSA) is 64.0 Å². The first-order chi connectivity index (χ1) is 15.4. The lowest BCUT2D eigenvalue weighted by atomic mass is 10.1. The van der Waals surface area contributed by atoms with Gasteiger partial charge in [0.1, 0.15) is 4.83 Å². The van der Waals surface area contributed by atoms with Gasteiger partial charge in [-0.2, -0.15) is 0 Å². The first kappa shape index (κ1) is 22.8. The normalized spacial score (nSPS) is 13.6. The van der Waals surface area contributed by atoms with Gasteiger partial charge in [0.2, 0.25) is 5.91 Å². The quantitative estimate of drug-likeness (QED) is 0.223. The molecule has 0 saturated carbocycles. The number of aryl methyl sites for hydroxylation is 5. The summed E-state index contributed by atoms with van der Waals surface area (Å²) in [5.74, 6) is 0.0824. The Labute approximate surface area is 197 Å².